The summed E-state index contributed by atoms with van der Waals surface area (Å²) in [5.74, 6) is 0. The number of aryl methyl sites for hydroxylation is 1. The van der Waals surface area contributed by atoms with Crippen molar-refractivity contribution in [1.82, 2.24) is 9.80 Å². The molecule has 0 saturated carbocycles. The number of rotatable bonds is 1. The first-order chi connectivity index (χ1) is 13.0. The average molecular weight is 382 g/mol. The molecule has 0 amide bonds. The fraction of sp³-hybridized carbons (Fsp3) is 0.500. The lowest BCUT2D eigenvalue weighted by Crippen LogP contribution is -2.51. The van der Waals surface area contributed by atoms with Gasteiger partial charge in [-0.2, -0.15) is 0 Å². The summed E-state index contributed by atoms with van der Waals surface area (Å²) in [5.41, 5.74) is 9.27. The van der Waals surface area contributed by atoms with Gasteiger partial charge in [0.2, 0.25) is 0 Å². The van der Waals surface area contributed by atoms with Crippen molar-refractivity contribution in [1.29, 1.82) is 0 Å². The molecule has 0 aromatic heterocycles. The second-order valence-electron chi connectivity index (χ2n) is 8.55. The Morgan fingerprint density at radius 3 is 2.67 bits per heavy atom. The van der Waals surface area contributed by atoms with Crippen molar-refractivity contribution in [2.45, 2.75) is 32.7 Å². The lowest BCUT2D eigenvalue weighted by molar-refractivity contribution is 0.0501. The number of ether oxygens (including phenoxy) is 1. The molecule has 0 aliphatic carbocycles. The molecule has 4 heterocycles. The van der Waals surface area contributed by atoms with Crippen LogP contribution in [0.25, 0.3) is 5.57 Å². The molecule has 4 aliphatic rings. The molecular formula is C22H27N3OS. The maximum Gasteiger partial charge on any atom is 0.110 e. The highest BCUT2D eigenvalue weighted by molar-refractivity contribution is 7.81. The van der Waals surface area contributed by atoms with Crippen molar-refractivity contribution in [3.63, 3.8) is 0 Å². The summed E-state index contributed by atoms with van der Waals surface area (Å²) in [5, 5.41) is 3.80. The largest absolute Gasteiger partial charge is 0.378 e. The van der Waals surface area contributed by atoms with Crippen molar-refractivity contribution in [3.8, 4) is 0 Å². The van der Waals surface area contributed by atoms with Gasteiger partial charge >= 0.3 is 0 Å². The van der Waals surface area contributed by atoms with Crippen LogP contribution in [0.15, 0.2) is 35.0 Å². The van der Waals surface area contributed by atoms with Crippen LogP contribution in [0, 0.1) is 6.92 Å². The zero-order chi connectivity index (χ0) is 18.8. The second-order valence-corrected chi connectivity index (χ2v) is 8.94. The maximum absolute atomic E-state index is 6.01. The van der Waals surface area contributed by atoms with Crippen LogP contribution >= 0.6 is 12.2 Å². The molecule has 2 bridgehead atoms. The van der Waals surface area contributed by atoms with Gasteiger partial charge in [-0.1, -0.05) is 23.8 Å². The maximum atomic E-state index is 6.01. The number of nitrogens with zero attached hydrogens (tertiary/aromatic N) is 2. The molecule has 1 fully saturated rings. The first-order valence-electron chi connectivity index (χ1n) is 9.94. The lowest BCUT2D eigenvalue weighted by atomic mass is 9.74. The van der Waals surface area contributed by atoms with Gasteiger partial charge in [0.05, 0.1) is 18.8 Å². The lowest BCUT2D eigenvalue weighted by Gasteiger charge is -2.49. The third-order valence-electron chi connectivity index (χ3n) is 6.28. The molecule has 1 saturated heterocycles. The second kappa shape index (κ2) is 6.08. The Labute approximate surface area is 166 Å². The first kappa shape index (κ1) is 17.3. The van der Waals surface area contributed by atoms with Crippen LogP contribution < -0.4 is 5.32 Å². The van der Waals surface area contributed by atoms with Gasteiger partial charge in [0.15, 0.2) is 0 Å². The van der Waals surface area contributed by atoms with Crippen LogP contribution in [-0.2, 0) is 4.74 Å². The summed E-state index contributed by atoms with van der Waals surface area (Å²) in [4.78, 5) is 5.98. The van der Waals surface area contributed by atoms with E-state index >= 15 is 0 Å². The fourth-order valence-electron chi connectivity index (χ4n) is 5.06. The van der Waals surface area contributed by atoms with E-state index in [1.54, 1.807) is 0 Å². The summed E-state index contributed by atoms with van der Waals surface area (Å²) < 4.78 is 5.60. The Bertz CT molecular complexity index is 893. The minimum Gasteiger partial charge on any atom is -0.378 e. The monoisotopic (exact) mass is 381 g/mol. The quantitative estimate of drug-likeness (QED) is 0.751. The van der Waals surface area contributed by atoms with E-state index < -0.39 is 0 Å². The number of nitrogens with one attached hydrogen (secondary N) is 1. The Morgan fingerprint density at radius 1 is 1.11 bits per heavy atom. The molecule has 142 valence electrons. The van der Waals surface area contributed by atoms with E-state index in [0.29, 0.717) is 0 Å². The van der Waals surface area contributed by atoms with Gasteiger partial charge in [-0.15, -0.1) is 0 Å². The van der Waals surface area contributed by atoms with Crippen molar-refractivity contribution in [3.05, 3.63) is 46.2 Å². The molecule has 1 N–H and O–H groups in total. The van der Waals surface area contributed by atoms with E-state index in [1.807, 2.05) is 0 Å². The van der Waals surface area contributed by atoms with Gasteiger partial charge in [0.25, 0.3) is 0 Å². The van der Waals surface area contributed by atoms with Crippen molar-refractivity contribution in [2.24, 2.45) is 0 Å². The SMILES string of the molecule is Cc1ccc2c(c1)C1=C(C3=C(N4CCOCC4)CCN(C3)C1=S)C(C)(C)N2. The van der Waals surface area contributed by atoms with E-state index in [4.69, 9.17) is 17.0 Å². The standard InChI is InChI=1S/C22H27N3OS/c1-14-4-5-17-15(12-14)19-20(22(2,3)23-17)16-13-25(21(19)27)7-6-18(16)24-8-10-26-11-9-24/h4-5,12,23H,6-11,13H2,1-3H3. The predicted octanol–water partition coefficient (Wildman–Crippen LogP) is 3.59. The van der Waals surface area contributed by atoms with Crippen molar-refractivity contribution < 1.29 is 4.74 Å². The van der Waals surface area contributed by atoms with E-state index in [1.165, 1.54) is 39.2 Å². The summed E-state index contributed by atoms with van der Waals surface area (Å²) in [6.07, 6.45) is 1.07. The molecule has 5 heteroatoms. The molecule has 4 aliphatic heterocycles. The van der Waals surface area contributed by atoms with E-state index in [9.17, 15) is 0 Å². The Balaban J connectivity index is 1.75. The molecule has 0 atom stereocenters. The molecule has 0 spiro atoms. The predicted molar refractivity (Wildman–Crippen MR) is 114 cm³/mol. The Kier molecular flexibility index (Phi) is 3.89. The van der Waals surface area contributed by atoms with Crippen LogP contribution in [0.4, 0.5) is 5.69 Å². The van der Waals surface area contributed by atoms with Gasteiger partial charge < -0.3 is 19.9 Å². The number of anilines is 1. The highest BCUT2D eigenvalue weighted by Crippen LogP contribution is 2.48. The number of hydrogen-bond acceptors (Lipinski definition) is 4. The highest BCUT2D eigenvalue weighted by atomic mass is 32.1. The van der Waals surface area contributed by atoms with Crippen molar-refractivity contribution in [2.75, 3.05) is 44.7 Å². The van der Waals surface area contributed by atoms with Crippen molar-refractivity contribution >= 4 is 28.5 Å². The molecule has 0 unspecified atom stereocenters. The van der Waals surface area contributed by atoms with E-state index in [0.717, 1.165) is 50.8 Å². The number of thiocarbonyl (C=S) groups is 1. The normalized spacial score (nSPS) is 23.9. The van der Waals surface area contributed by atoms with Gasteiger partial charge in [0.1, 0.15) is 4.99 Å². The summed E-state index contributed by atoms with van der Waals surface area (Å²) in [6, 6.07) is 6.67. The van der Waals surface area contributed by atoms with Crippen LogP contribution in [0.3, 0.4) is 0 Å². The van der Waals surface area contributed by atoms with Gasteiger partial charge in [-0.05, 0) is 44.1 Å². The van der Waals surface area contributed by atoms with Gasteiger partial charge in [-0.3, -0.25) is 0 Å². The number of morpholine rings is 1. The van der Waals surface area contributed by atoms with Crippen LogP contribution in [0.5, 0.6) is 0 Å². The van der Waals surface area contributed by atoms with Crippen LogP contribution in [0.2, 0.25) is 0 Å². The third kappa shape index (κ3) is 2.63. The van der Waals surface area contributed by atoms with Crippen LogP contribution in [0.1, 0.15) is 31.4 Å². The zero-order valence-corrected chi connectivity index (χ0v) is 17.2. The average Bonchev–Trinajstić information content (AvgIpc) is 2.66. The fourth-order valence-corrected chi connectivity index (χ4v) is 5.43. The molecule has 1 aromatic carbocycles. The molecule has 27 heavy (non-hydrogen) atoms. The summed E-state index contributed by atoms with van der Waals surface area (Å²) in [6.45, 7) is 12.3. The van der Waals surface area contributed by atoms with Crippen LogP contribution in [-0.4, -0.2) is 59.7 Å². The molecule has 5 rings (SSSR count). The highest BCUT2D eigenvalue weighted by Gasteiger charge is 2.43. The summed E-state index contributed by atoms with van der Waals surface area (Å²) >= 11 is 6.01. The molecule has 1 aromatic rings. The number of fused-ring (bicyclic) bond motifs is 5. The van der Waals surface area contributed by atoms with E-state index in [2.05, 4.69) is 54.1 Å². The smallest absolute Gasteiger partial charge is 0.110 e. The molecule has 4 nitrogen and oxygen atoms in total. The topological polar surface area (TPSA) is 27.7 Å². The minimum atomic E-state index is -0.141. The van der Waals surface area contributed by atoms with Gasteiger partial charge in [0, 0.05) is 55.1 Å². The number of benzene rings is 1. The first-order valence-corrected chi connectivity index (χ1v) is 10.3. The molecular weight excluding hydrogens is 354 g/mol. The molecule has 0 radical (unpaired) electrons. The number of hydrogen-bond donors (Lipinski definition) is 1. The zero-order valence-electron chi connectivity index (χ0n) is 16.4. The Morgan fingerprint density at radius 2 is 1.89 bits per heavy atom. The van der Waals surface area contributed by atoms with E-state index in [-0.39, 0.29) is 5.54 Å². The Hall–Kier alpha value is -1.85. The summed E-state index contributed by atoms with van der Waals surface area (Å²) in [7, 11) is 0. The third-order valence-corrected chi connectivity index (χ3v) is 6.74. The van der Waals surface area contributed by atoms with Gasteiger partial charge in [-0.25, -0.2) is 0 Å². The minimum absolute atomic E-state index is 0.141.